The molecule has 1 aromatic rings. The van der Waals surface area contributed by atoms with E-state index in [2.05, 4.69) is 35.4 Å². The van der Waals surface area contributed by atoms with Gasteiger partial charge in [0.05, 0.1) is 6.07 Å². The molecule has 2 aliphatic rings. The minimum atomic E-state index is -0.916. The highest BCUT2D eigenvalue weighted by Crippen LogP contribution is 2.33. The minimum absolute atomic E-state index is 0.0402. The molecular formula is C24H34N4O2. The van der Waals surface area contributed by atoms with Gasteiger partial charge in [-0.25, -0.2) is 0 Å². The van der Waals surface area contributed by atoms with Crippen molar-refractivity contribution < 1.29 is 9.59 Å². The van der Waals surface area contributed by atoms with E-state index in [1.54, 1.807) is 0 Å². The number of nitrogens with one attached hydrogen (secondary N) is 2. The first-order chi connectivity index (χ1) is 14.5. The van der Waals surface area contributed by atoms with E-state index in [0.717, 1.165) is 50.8 Å². The highest BCUT2D eigenvalue weighted by molar-refractivity contribution is 6.00. The Morgan fingerprint density at radius 2 is 1.83 bits per heavy atom. The summed E-state index contributed by atoms with van der Waals surface area (Å²) in [4.78, 5) is 28.7. The van der Waals surface area contributed by atoms with Gasteiger partial charge < -0.3 is 15.5 Å². The summed E-state index contributed by atoms with van der Waals surface area (Å²) < 4.78 is 0. The Bertz CT molecular complexity index is 785. The summed E-state index contributed by atoms with van der Waals surface area (Å²) in [6.45, 7) is 6.49. The number of benzene rings is 1. The number of hydrogen-bond acceptors (Lipinski definition) is 4. The molecular weight excluding hydrogens is 376 g/mol. The second-order valence-electron chi connectivity index (χ2n) is 8.93. The summed E-state index contributed by atoms with van der Waals surface area (Å²) in [5.74, 6) is -0.0533. The van der Waals surface area contributed by atoms with Gasteiger partial charge in [0, 0.05) is 11.6 Å². The largest absolute Gasteiger partial charge is 0.341 e. The number of carbonyl (C=O) groups excluding carboxylic acids is 2. The van der Waals surface area contributed by atoms with Gasteiger partial charge in [-0.1, -0.05) is 37.5 Å². The summed E-state index contributed by atoms with van der Waals surface area (Å²) in [6, 6.07) is 10.3. The second-order valence-corrected chi connectivity index (χ2v) is 8.93. The first-order valence-corrected chi connectivity index (χ1v) is 11.3. The molecule has 0 aromatic heterocycles. The minimum Gasteiger partial charge on any atom is -0.341 e. The zero-order valence-corrected chi connectivity index (χ0v) is 18.2. The molecule has 162 valence electrons. The third kappa shape index (κ3) is 5.02. The van der Waals surface area contributed by atoms with Crippen LogP contribution in [0.3, 0.4) is 0 Å². The van der Waals surface area contributed by atoms with Crippen LogP contribution in [-0.4, -0.2) is 47.9 Å². The molecule has 1 aromatic carbocycles. The Morgan fingerprint density at radius 3 is 2.47 bits per heavy atom. The topological polar surface area (TPSA) is 85.2 Å². The van der Waals surface area contributed by atoms with Crippen molar-refractivity contribution in [1.29, 1.82) is 5.26 Å². The smallest absolute Gasteiger partial charge is 0.252 e. The highest BCUT2D eigenvalue weighted by atomic mass is 16.2. The Morgan fingerprint density at radius 1 is 1.17 bits per heavy atom. The summed E-state index contributed by atoms with van der Waals surface area (Å²) in [6.07, 6.45) is 6.17. The van der Waals surface area contributed by atoms with Crippen LogP contribution in [0.2, 0.25) is 0 Å². The number of carbonyl (C=O) groups is 2. The van der Waals surface area contributed by atoms with Crippen molar-refractivity contribution in [3.63, 3.8) is 0 Å². The lowest BCUT2D eigenvalue weighted by Gasteiger charge is -2.37. The molecule has 1 heterocycles. The van der Waals surface area contributed by atoms with Gasteiger partial charge in [-0.15, -0.1) is 0 Å². The molecule has 1 saturated carbocycles. The lowest BCUT2D eigenvalue weighted by molar-refractivity contribution is -0.128. The molecule has 0 spiro atoms. The molecule has 2 amide bonds. The van der Waals surface area contributed by atoms with Crippen LogP contribution in [0.15, 0.2) is 24.3 Å². The SMILES string of the molecule is CC(C)N1CCC(c2ccccc2C(=O)NC2(C(=O)NCC#N)CCCCC2)CC1. The average Bonchev–Trinajstić information content (AvgIpc) is 2.78. The fraction of sp³-hybridized carbons (Fsp3) is 0.625. The molecule has 1 aliphatic carbocycles. The summed E-state index contributed by atoms with van der Waals surface area (Å²) in [7, 11) is 0. The van der Waals surface area contributed by atoms with E-state index in [1.807, 2.05) is 24.3 Å². The van der Waals surface area contributed by atoms with Gasteiger partial charge in [0.15, 0.2) is 0 Å². The van der Waals surface area contributed by atoms with Crippen molar-refractivity contribution in [3.05, 3.63) is 35.4 Å². The third-order valence-electron chi connectivity index (χ3n) is 6.73. The molecule has 0 radical (unpaired) electrons. The lowest BCUT2D eigenvalue weighted by atomic mass is 9.80. The van der Waals surface area contributed by atoms with Crippen LogP contribution in [0.25, 0.3) is 0 Å². The van der Waals surface area contributed by atoms with Crippen molar-refractivity contribution in [2.24, 2.45) is 0 Å². The van der Waals surface area contributed by atoms with Crippen LogP contribution in [-0.2, 0) is 4.79 Å². The molecule has 3 rings (SSSR count). The number of rotatable bonds is 6. The van der Waals surface area contributed by atoms with E-state index in [-0.39, 0.29) is 18.4 Å². The molecule has 2 N–H and O–H groups in total. The Kier molecular flexibility index (Phi) is 7.49. The predicted octanol–water partition coefficient (Wildman–Crippen LogP) is 3.35. The van der Waals surface area contributed by atoms with Gasteiger partial charge in [0.1, 0.15) is 12.1 Å². The summed E-state index contributed by atoms with van der Waals surface area (Å²) in [5, 5.41) is 14.6. The van der Waals surface area contributed by atoms with Gasteiger partial charge in [-0.2, -0.15) is 5.26 Å². The average molecular weight is 411 g/mol. The maximum Gasteiger partial charge on any atom is 0.252 e. The highest BCUT2D eigenvalue weighted by Gasteiger charge is 2.41. The van der Waals surface area contributed by atoms with Crippen molar-refractivity contribution in [1.82, 2.24) is 15.5 Å². The molecule has 1 aliphatic heterocycles. The van der Waals surface area contributed by atoms with Crippen LogP contribution in [0, 0.1) is 11.3 Å². The zero-order valence-electron chi connectivity index (χ0n) is 18.2. The van der Waals surface area contributed by atoms with Crippen molar-refractivity contribution in [3.8, 4) is 6.07 Å². The molecule has 6 nitrogen and oxygen atoms in total. The lowest BCUT2D eigenvalue weighted by Crippen LogP contribution is -2.59. The fourth-order valence-electron chi connectivity index (χ4n) is 4.92. The predicted molar refractivity (Wildman–Crippen MR) is 117 cm³/mol. The Balaban J connectivity index is 1.78. The van der Waals surface area contributed by atoms with E-state index in [4.69, 9.17) is 5.26 Å². The van der Waals surface area contributed by atoms with Gasteiger partial charge in [0.2, 0.25) is 5.91 Å². The number of nitriles is 1. The normalized spacial score (nSPS) is 19.8. The molecule has 0 atom stereocenters. The van der Waals surface area contributed by atoms with E-state index in [1.165, 1.54) is 0 Å². The number of amides is 2. The molecule has 30 heavy (non-hydrogen) atoms. The van der Waals surface area contributed by atoms with Gasteiger partial charge in [-0.3, -0.25) is 9.59 Å². The number of likely N-dealkylation sites (tertiary alicyclic amines) is 1. The molecule has 2 fully saturated rings. The van der Waals surface area contributed by atoms with Crippen molar-refractivity contribution in [2.45, 2.75) is 76.3 Å². The van der Waals surface area contributed by atoms with Crippen molar-refractivity contribution in [2.75, 3.05) is 19.6 Å². The Labute approximate surface area is 180 Å². The monoisotopic (exact) mass is 410 g/mol. The van der Waals surface area contributed by atoms with E-state index in [9.17, 15) is 9.59 Å². The molecule has 1 saturated heterocycles. The molecule has 0 unspecified atom stereocenters. The maximum atomic E-state index is 13.4. The van der Waals surface area contributed by atoms with E-state index >= 15 is 0 Å². The number of piperidine rings is 1. The standard InChI is InChI=1S/C24H34N4O2/c1-18(2)28-16-10-19(11-17-28)20-8-4-5-9-21(20)22(29)27-24(12-6-3-7-13-24)23(30)26-15-14-25/h4-5,8-9,18-19H,3,6-7,10-13,15-17H2,1-2H3,(H,26,30)(H,27,29). The van der Waals surface area contributed by atoms with Gasteiger partial charge in [-0.05, 0) is 70.2 Å². The van der Waals surface area contributed by atoms with E-state index < -0.39 is 5.54 Å². The van der Waals surface area contributed by atoms with Crippen LogP contribution < -0.4 is 10.6 Å². The van der Waals surface area contributed by atoms with E-state index in [0.29, 0.717) is 30.4 Å². The fourth-order valence-corrected chi connectivity index (χ4v) is 4.92. The second kappa shape index (κ2) is 10.1. The quantitative estimate of drug-likeness (QED) is 0.705. The number of nitrogens with zero attached hydrogens (tertiary/aromatic N) is 2. The van der Waals surface area contributed by atoms with Crippen LogP contribution in [0.1, 0.15) is 80.6 Å². The summed E-state index contributed by atoms with van der Waals surface area (Å²) in [5.41, 5.74) is 0.848. The molecule has 0 bridgehead atoms. The van der Waals surface area contributed by atoms with Crippen LogP contribution in [0.4, 0.5) is 0 Å². The number of hydrogen-bond donors (Lipinski definition) is 2. The first-order valence-electron chi connectivity index (χ1n) is 11.3. The first kappa shape index (κ1) is 22.3. The van der Waals surface area contributed by atoms with Crippen LogP contribution >= 0.6 is 0 Å². The van der Waals surface area contributed by atoms with Crippen molar-refractivity contribution >= 4 is 11.8 Å². The van der Waals surface area contributed by atoms with Gasteiger partial charge >= 0.3 is 0 Å². The maximum absolute atomic E-state index is 13.4. The van der Waals surface area contributed by atoms with Gasteiger partial charge in [0.25, 0.3) is 5.91 Å². The summed E-state index contributed by atoms with van der Waals surface area (Å²) >= 11 is 0. The molecule has 6 heteroatoms. The van der Waals surface area contributed by atoms with Crippen LogP contribution in [0.5, 0.6) is 0 Å². The zero-order chi connectivity index (χ0) is 21.6. The Hall–Kier alpha value is -2.39. The third-order valence-corrected chi connectivity index (χ3v) is 6.73.